The van der Waals surface area contributed by atoms with Gasteiger partial charge in [0, 0.05) is 15.5 Å². The molecule has 1 unspecified atom stereocenters. The summed E-state index contributed by atoms with van der Waals surface area (Å²) in [6.07, 6.45) is 1.47. The molecule has 6 nitrogen and oxygen atoms in total. The molecular weight excluding hydrogens is 452 g/mol. The van der Waals surface area contributed by atoms with Gasteiger partial charge in [-0.3, -0.25) is 14.9 Å². The van der Waals surface area contributed by atoms with Gasteiger partial charge in [-0.25, -0.2) is 9.97 Å². The summed E-state index contributed by atoms with van der Waals surface area (Å²) in [5.41, 5.74) is 3.27. The van der Waals surface area contributed by atoms with Crippen molar-refractivity contribution in [2.24, 2.45) is 0 Å². The first kappa shape index (κ1) is 20.1. The van der Waals surface area contributed by atoms with Gasteiger partial charge in [0.1, 0.15) is 0 Å². The largest absolute Gasteiger partial charge is 0.301 e. The number of aromatic nitrogens is 2. The molecule has 2 heterocycles. The van der Waals surface area contributed by atoms with Crippen LogP contribution in [0.5, 0.6) is 0 Å². The highest BCUT2D eigenvalue weighted by Crippen LogP contribution is 2.39. The number of fused-ring (bicyclic) bond motifs is 2. The zero-order chi connectivity index (χ0) is 21.5. The average molecular weight is 469 g/mol. The molecule has 1 aliphatic carbocycles. The van der Waals surface area contributed by atoms with E-state index < -0.39 is 0 Å². The molecule has 1 atom stereocenters. The highest BCUT2D eigenvalue weighted by atomic mass is 35.5. The van der Waals surface area contributed by atoms with Gasteiger partial charge in [-0.05, 0) is 61.7 Å². The number of carbonyl (C=O) groups is 2. The average Bonchev–Trinajstić information content (AvgIpc) is 3.41. The van der Waals surface area contributed by atoms with Crippen LogP contribution in [-0.4, -0.2) is 21.8 Å². The van der Waals surface area contributed by atoms with Crippen LogP contribution in [0.4, 0.5) is 10.3 Å². The van der Waals surface area contributed by atoms with Gasteiger partial charge in [-0.2, -0.15) is 0 Å². The van der Waals surface area contributed by atoms with Crippen LogP contribution < -0.4 is 10.6 Å². The molecule has 1 aliphatic rings. The summed E-state index contributed by atoms with van der Waals surface area (Å²) in [7, 11) is 0. The molecule has 2 amide bonds. The molecule has 0 fully saturated rings. The van der Waals surface area contributed by atoms with E-state index in [4.69, 9.17) is 11.6 Å². The molecule has 31 heavy (non-hydrogen) atoms. The first-order valence-electron chi connectivity index (χ1n) is 9.71. The van der Waals surface area contributed by atoms with Crippen molar-refractivity contribution >= 4 is 66.6 Å². The van der Waals surface area contributed by atoms with E-state index >= 15 is 0 Å². The summed E-state index contributed by atoms with van der Waals surface area (Å²) < 4.78 is 1.04. The Morgan fingerprint density at radius 3 is 2.61 bits per heavy atom. The molecule has 4 aromatic rings. The molecule has 2 aromatic carbocycles. The second-order valence-corrected chi connectivity index (χ2v) is 9.91. The van der Waals surface area contributed by atoms with Crippen molar-refractivity contribution in [2.45, 2.75) is 25.7 Å². The van der Waals surface area contributed by atoms with Crippen molar-refractivity contribution in [2.75, 3.05) is 10.6 Å². The van der Waals surface area contributed by atoms with Crippen LogP contribution in [0.3, 0.4) is 0 Å². The van der Waals surface area contributed by atoms with Gasteiger partial charge in [0.15, 0.2) is 10.3 Å². The number of thiazole rings is 2. The van der Waals surface area contributed by atoms with E-state index in [1.165, 1.54) is 22.7 Å². The predicted molar refractivity (Wildman–Crippen MR) is 126 cm³/mol. The van der Waals surface area contributed by atoms with Gasteiger partial charge in [-0.15, -0.1) is 11.3 Å². The van der Waals surface area contributed by atoms with Crippen LogP contribution in [0.1, 0.15) is 38.8 Å². The maximum atomic E-state index is 12.9. The second kappa shape index (κ2) is 8.03. The van der Waals surface area contributed by atoms with Gasteiger partial charge < -0.3 is 5.32 Å². The molecule has 0 aliphatic heterocycles. The fourth-order valence-corrected chi connectivity index (χ4v) is 5.71. The van der Waals surface area contributed by atoms with Crippen LogP contribution in [0.25, 0.3) is 10.2 Å². The van der Waals surface area contributed by atoms with E-state index in [-0.39, 0.29) is 17.7 Å². The Bertz CT molecular complexity index is 1310. The van der Waals surface area contributed by atoms with E-state index in [1.54, 1.807) is 24.3 Å². The van der Waals surface area contributed by atoms with Crippen molar-refractivity contribution in [3.05, 3.63) is 69.2 Å². The Kier molecular flexibility index (Phi) is 5.21. The van der Waals surface area contributed by atoms with Crippen LogP contribution in [0.15, 0.2) is 42.5 Å². The van der Waals surface area contributed by atoms with E-state index in [0.29, 0.717) is 27.3 Å². The fraction of sp³-hybridized carbons (Fsp3) is 0.182. The van der Waals surface area contributed by atoms with Crippen molar-refractivity contribution in [1.29, 1.82) is 0 Å². The molecule has 0 saturated carbocycles. The van der Waals surface area contributed by atoms with Crippen LogP contribution in [-0.2, 0) is 11.2 Å². The van der Waals surface area contributed by atoms with Crippen LogP contribution >= 0.6 is 34.3 Å². The number of hydrogen-bond acceptors (Lipinski definition) is 6. The van der Waals surface area contributed by atoms with E-state index in [9.17, 15) is 9.59 Å². The van der Waals surface area contributed by atoms with Gasteiger partial charge in [0.2, 0.25) is 5.91 Å². The minimum Gasteiger partial charge on any atom is -0.301 e. The number of benzene rings is 2. The Balaban J connectivity index is 1.30. The highest BCUT2D eigenvalue weighted by molar-refractivity contribution is 7.22. The number of halogens is 1. The zero-order valence-electron chi connectivity index (χ0n) is 16.4. The van der Waals surface area contributed by atoms with Crippen molar-refractivity contribution in [3.8, 4) is 0 Å². The third kappa shape index (κ3) is 4.06. The third-order valence-corrected chi connectivity index (χ3v) is 7.37. The molecular formula is C22H17ClN4O2S2. The second-order valence-electron chi connectivity index (χ2n) is 7.36. The number of amides is 2. The topological polar surface area (TPSA) is 84.0 Å². The van der Waals surface area contributed by atoms with Crippen molar-refractivity contribution in [3.63, 3.8) is 0 Å². The first-order valence-corrected chi connectivity index (χ1v) is 11.7. The van der Waals surface area contributed by atoms with Gasteiger partial charge in [0.25, 0.3) is 5.91 Å². The molecule has 0 bridgehead atoms. The number of aryl methyl sites for hydroxylation is 2. The number of nitrogens with zero attached hydrogens (tertiary/aromatic N) is 2. The number of carbonyl (C=O) groups excluding carboxylic acids is 2. The summed E-state index contributed by atoms with van der Waals surface area (Å²) in [4.78, 5) is 35.5. The SMILES string of the molecule is Cc1ccc2nc(NC(=O)C3CCc4sc(NC(=O)c5ccc(Cl)cc5)nc43)sc2c1. The maximum Gasteiger partial charge on any atom is 0.257 e. The summed E-state index contributed by atoms with van der Waals surface area (Å²) in [5, 5.41) is 7.43. The Hall–Kier alpha value is -2.81. The van der Waals surface area contributed by atoms with Crippen molar-refractivity contribution in [1.82, 2.24) is 9.97 Å². The van der Waals surface area contributed by atoms with Gasteiger partial charge >= 0.3 is 0 Å². The summed E-state index contributed by atoms with van der Waals surface area (Å²) >= 11 is 8.76. The lowest BCUT2D eigenvalue weighted by atomic mass is 10.1. The quantitative estimate of drug-likeness (QED) is 0.406. The molecule has 5 rings (SSSR count). The minimum absolute atomic E-state index is 0.115. The molecule has 0 saturated heterocycles. The predicted octanol–water partition coefficient (Wildman–Crippen LogP) is 5.64. The lowest BCUT2D eigenvalue weighted by Gasteiger charge is -2.08. The van der Waals surface area contributed by atoms with Crippen LogP contribution in [0, 0.1) is 6.92 Å². The lowest BCUT2D eigenvalue weighted by Crippen LogP contribution is -2.20. The van der Waals surface area contributed by atoms with Crippen molar-refractivity contribution < 1.29 is 9.59 Å². The fourth-order valence-electron chi connectivity index (χ4n) is 3.58. The number of hydrogen-bond donors (Lipinski definition) is 2. The normalized spacial score (nSPS) is 15.1. The molecule has 2 N–H and O–H groups in total. The van der Waals surface area contributed by atoms with E-state index in [2.05, 4.69) is 26.7 Å². The smallest absolute Gasteiger partial charge is 0.257 e. The standard InChI is InChI=1S/C22H17ClN4O2S2/c1-11-2-8-15-17(10-11)31-21(24-15)27-20(29)14-7-9-16-18(14)25-22(30-16)26-19(28)12-3-5-13(23)6-4-12/h2-6,8,10,14H,7,9H2,1H3,(H,24,27,29)(H,25,26,28). The lowest BCUT2D eigenvalue weighted by molar-refractivity contribution is -0.117. The monoisotopic (exact) mass is 468 g/mol. The summed E-state index contributed by atoms with van der Waals surface area (Å²) in [6.45, 7) is 2.03. The molecule has 2 aromatic heterocycles. The molecule has 156 valence electrons. The number of rotatable bonds is 4. The minimum atomic E-state index is -0.346. The highest BCUT2D eigenvalue weighted by Gasteiger charge is 2.33. The molecule has 0 spiro atoms. The summed E-state index contributed by atoms with van der Waals surface area (Å²) in [5.74, 6) is -0.716. The Morgan fingerprint density at radius 1 is 1.03 bits per heavy atom. The first-order chi connectivity index (χ1) is 15.0. The maximum absolute atomic E-state index is 12.9. The van der Waals surface area contributed by atoms with Gasteiger partial charge in [-0.1, -0.05) is 29.0 Å². The zero-order valence-corrected chi connectivity index (χ0v) is 18.8. The Labute approximate surface area is 191 Å². The number of nitrogens with one attached hydrogen (secondary N) is 2. The third-order valence-electron chi connectivity index (χ3n) is 5.14. The van der Waals surface area contributed by atoms with E-state index in [1.807, 2.05) is 19.1 Å². The molecule has 9 heteroatoms. The summed E-state index contributed by atoms with van der Waals surface area (Å²) in [6, 6.07) is 12.7. The molecule has 0 radical (unpaired) electrons. The van der Waals surface area contributed by atoms with Gasteiger partial charge in [0.05, 0.1) is 21.8 Å². The number of anilines is 2. The van der Waals surface area contributed by atoms with Crippen LogP contribution in [0.2, 0.25) is 5.02 Å². The van der Waals surface area contributed by atoms with E-state index in [0.717, 1.165) is 32.8 Å². The Morgan fingerprint density at radius 2 is 1.81 bits per heavy atom.